The van der Waals surface area contributed by atoms with Gasteiger partial charge in [-0.3, -0.25) is 10.1 Å². The summed E-state index contributed by atoms with van der Waals surface area (Å²) in [6.45, 7) is 0.844. The molecule has 8 heteroatoms. The molecule has 160 valence electrons. The molecule has 4 rings (SSSR count). The lowest BCUT2D eigenvalue weighted by Crippen LogP contribution is -2.45. The van der Waals surface area contributed by atoms with Crippen LogP contribution in [0.4, 0.5) is 9.93 Å². The second-order valence-corrected chi connectivity index (χ2v) is 11.1. The van der Waals surface area contributed by atoms with Gasteiger partial charge in [-0.15, -0.1) is 11.8 Å². The fraction of sp³-hybridized carbons (Fsp3) is 0.762. The molecule has 2 N–H and O–H groups in total. The van der Waals surface area contributed by atoms with Crippen molar-refractivity contribution in [2.45, 2.75) is 74.5 Å². The smallest absolute Gasteiger partial charge is 0.323 e. The van der Waals surface area contributed by atoms with E-state index in [0.717, 1.165) is 47.8 Å². The number of hydrogen-bond acceptors (Lipinski definition) is 5. The van der Waals surface area contributed by atoms with E-state index in [2.05, 4.69) is 15.2 Å². The molecule has 1 aromatic heterocycles. The van der Waals surface area contributed by atoms with Gasteiger partial charge in [0.25, 0.3) is 0 Å². The third-order valence-corrected chi connectivity index (χ3v) is 9.03. The van der Waals surface area contributed by atoms with E-state index in [1.807, 2.05) is 0 Å². The average Bonchev–Trinajstić information content (AvgIpc) is 3.45. The molecular formula is C21H31N3O3S2. The summed E-state index contributed by atoms with van der Waals surface area (Å²) in [6.07, 6.45) is 14.2. The van der Waals surface area contributed by atoms with E-state index < -0.39 is 5.97 Å². The summed E-state index contributed by atoms with van der Waals surface area (Å²) >= 11 is 2.59. The molecule has 6 nitrogen and oxygen atoms in total. The van der Waals surface area contributed by atoms with Gasteiger partial charge in [-0.05, 0) is 56.3 Å². The van der Waals surface area contributed by atoms with Crippen molar-refractivity contribution in [2.24, 2.45) is 17.8 Å². The molecule has 29 heavy (non-hydrogen) atoms. The molecule has 3 aliphatic carbocycles. The number of nitrogens with zero attached hydrogens (tertiary/aromatic N) is 2. The standard InChI is InChI=1S/C21H31N3O3S2/c25-18(26)13-28-19-12-22-20(29-19)23-21(27)24(17-4-2-1-3-5-17)9-8-16-11-14-6-7-15(16)10-14/h12,14-17H,1-11,13H2,(H,25,26)(H,22,23,27). The highest BCUT2D eigenvalue weighted by Crippen LogP contribution is 2.49. The molecule has 3 aliphatic rings. The number of rotatable bonds is 8. The lowest BCUT2D eigenvalue weighted by atomic mass is 9.86. The molecule has 2 amide bonds. The van der Waals surface area contributed by atoms with Crippen LogP contribution >= 0.6 is 23.1 Å². The van der Waals surface area contributed by atoms with E-state index in [1.54, 1.807) is 6.20 Å². The maximum absolute atomic E-state index is 13.1. The maximum Gasteiger partial charge on any atom is 0.323 e. The Balaban J connectivity index is 1.35. The summed E-state index contributed by atoms with van der Waals surface area (Å²) < 4.78 is 0.814. The Morgan fingerprint density at radius 2 is 2.03 bits per heavy atom. The van der Waals surface area contributed by atoms with Crippen molar-refractivity contribution in [3.05, 3.63) is 6.20 Å². The third kappa shape index (κ3) is 5.45. The number of carboxylic acids is 1. The maximum atomic E-state index is 13.1. The van der Waals surface area contributed by atoms with Crippen molar-refractivity contribution in [3.63, 3.8) is 0 Å². The number of urea groups is 1. The zero-order chi connectivity index (χ0) is 20.2. The second kappa shape index (κ2) is 9.69. The predicted molar refractivity (Wildman–Crippen MR) is 117 cm³/mol. The van der Waals surface area contributed by atoms with Crippen LogP contribution in [0.1, 0.15) is 64.2 Å². The number of carbonyl (C=O) groups is 2. The zero-order valence-electron chi connectivity index (χ0n) is 16.8. The minimum absolute atomic E-state index is 0.00727. The van der Waals surface area contributed by atoms with E-state index >= 15 is 0 Å². The van der Waals surface area contributed by atoms with E-state index in [4.69, 9.17) is 5.11 Å². The van der Waals surface area contributed by atoms with Crippen molar-refractivity contribution in [3.8, 4) is 0 Å². The van der Waals surface area contributed by atoms with Crippen LogP contribution in [-0.4, -0.2) is 45.3 Å². The number of anilines is 1. The first-order valence-electron chi connectivity index (χ1n) is 11.0. The number of amides is 2. The zero-order valence-corrected chi connectivity index (χ0v) is 18.5. The number of thioether (sulfide) groups is 1. The monoisotopic (exact) mass is 437 g/mol. The Morgan fingerprint density at radius 1 is 1.21 bits per heavy atom. The Morgan fingerprint density at radius 3 is 2.72 bits per heavy atom. The fourth-order valence-electron chi connectivity index (χ4n) is 5.56. The minimum atomic E-state index is -0.849. The predicted octanol–water partition coefficient (Wildman–Crippen LogP) is 5.31. The van der Waals surface area contributed by atoms with Crippen molar-refractivity contribution in [1.82, 2.24) is 9.88 Å². The van der Waals surface area contributed by atoms with Crippen LogP contribution in [0.15, 0.2) is 10.4 Å². The summed E-state index contributed by atoms with van der Waals surface area (Å²) in [6, 6.07) is 0.298. The Kier molecular flexibility index (Phi) is 7.00. The molecule has 0 aromatic carbocycles. The molecule has 2 bridgehead atoms. The molecule has 0 radical (unpaired) electrons. The van der Waals surface area contributed by atoms with Gasteiger partial charge in [-0.1, -0.05) is 37.0 Å². The molecule has 3 unspecified atom stereocenters. The van der Waals surface area contributed by atoms with Crippen molar-refractivity contribution in [1.29, 1.82) is 0 Å². The normalized spacial score (nSPS) is 26.6. The van der Waals surface area contributed by atoms with Crippen LogP contribution in [0, 0.1) is 17.8 Å². The number of thiazole rings is 1. The molecule has 1 heterocycles. The van der Waals surface area contributed by atoms with E-state index in [1.165, 1.54) is 68.0 Å². The Bertz CT molecular complexity index is 720. The van der Waals surface area contributed by atoms with Gasteiger partial charge in [0.1, 0.15) is 0 Å². The highest BCUT2D eigenvalue weighted by molar-refractivity contribution is 8.01. The van der Waals surface area contributed by atoms with Crippen LogP contribution < -0.4 is 5.32 Å². The van der Waals surface area contributed by atoms with Crippen LogP contribution in [-0.2, 0) is 4.79 Å². The molecule has 0 saturated heterocycles. The Hall–Kier alpha value is -1.28. The molecule has 3 saturated carbocycles. The van der Waals surface area contributed by atoms with Gasteiger partial charge in [-0.25, -0.2) is 9.78 Å². The van der Waals surface area contributed by atoms with Crippen molar-refractivity contribution in [2.75, 3.05) is 17.6 Å². The topological polar surface area (TPSA) is 82.5 Å². The van der Waals surface area contributed by atoms with Gasteiger partial charge in [-0.2, -0.15) is 0 Å². The molecule has 0 spiro atoms. The van der Waals surface area contributed by atoms with Crippen LogP contribution in [0.5, 0.6) is 0 Å². The minimum Gasteiger partial charge on any atom is -0.481 e. The highest BCUT2D eigenvalue weighted by Gasteiger charge is 2.39. The van der Waals surface area contributed by atoms with Crippen molar-refractivity contribution >= 4 is 40.2 Å². The number of hydrogen-bond donors (Lipinski definition) is 2. The summed E-state index contributed by atoms with van der Waals surface area (Å²) in [7, 11) is 0. The molecule has 3 fully saturated rings. The number of carboxylic acid groups (broad SMARTS) is 1. The van der Waals surface area contributed by atoms with Crippen molar-refractivity contribution < 1.29 is 14.7 Å². The molecule has 1 aromatic rings. The molecule has 0 aliphatic heterocycles. The number of carbonyl (C=O) groups excluding carboxylic acids is 1. The lowest BCUT2D eigenvalue weighted by molar-refractivity contribution is -0.133. The summed E-state index contributed by atoms with van der Waals surface area (Å²) in [5.74, 6) is 1.79. The summed E-state index contributed by atoms with van der Waals surface area (Å²) in [5.41, 5.74) is 0. The van der Waals surface area contributed by atoms with E-state index in [9.17, 15) is 9.59 Å². The lowest BCUT2D eigenvalue weighted by Gasteiger charge is -2.35. The molecule has 3 atom stereocenters. The summed E-state index contributed by atoms with van der Waals surface area (Å²) in [5, 5.41) is 12.4. The first kappa shape index (κ1) is 21.0. The first-order valence-corrected chi connectivity index (χ1v) is 12.8. The third-order valence-electron chi connectivity index (χ3n) is 6.94. The number of nitrogens with one attached hydrogen (secondary N) is 1. The van der Waals surface area contributed by atoms with Gasteiger partial charge >= 0.3 is 12.0 Å². The summed E-state index contributed by atoms with van der Waals surface area (Å²) in [4.78, 5) is 30.2. The van der Waals surface area contributed by atoms with Gasteiger partial charge in [0.2, 0.25) is 0 Å². The highest BCUT2D eigenvalue weighted by atomic mass is 32.2. The quantitative estimate of drug-likeness (QED) is 0.538. The van der Waals surface area contributed by atoms with Gasteiger partial charge in [0, 0.05) is 12.6 Å². The van der Waals surface area contributed by atoms with Crippen LogP contribution in [0.25, 0.3) is 0 Å². The van der Waals surface area contributed by atoms with E-state index in [0.29, 0.717) is 11.2 Å². The first-order chi connectivity index (χ1) is 14.1. The second-order valence-electron chi connectivity index (χ2n) is 8.81. The van der Waals surface area contributed by atoms with Gasteiger partial charge in [0.05, 0.1) is 16.2 Å². The SMILES string of the molecule is O=C(O)CSc1cnc(NC(=O)N(CCC2CC3CCC2C3)C2CCCCC2)s1. The Labute approximate surface area is 180 Å². The number of fused-ring (bicyclic) bond motifs is 2. The van der Waals surface area contributed by atoms with Crippen LogP contribution in [0.3, 0.4) is 0 Å². The average molecular weight is 438 g/mol. The number of aliphatic carboxylic acids is 1. The fourth-order valence-corrected chi connectivity index (χ4v) is 7.14. The largest absolute Gasteiger partial charge is 0.481 e. The van der Waals surface area contributed by atoms with Gasteiger partial charge in [0.15, 0.2) is 5.13 Å². The van der Waals surface area contributed by atoms with Crippen LogP contribution in [0.2, 0.25) is 0 Å². The van der Waals surface area contributed by atoms with Gasteiger partial charge < -0.3 is 10.0 Å². The number of aromatic nitrogens is 1. The molecular weight excluding hydrogens is 406 g/mol. The van der Waals surface area contributed by atoms with E-state index in [-0.39, 0.29) is 11.8 Å².